The second-order valence-electron chi connectivity index (χ2n) is 3.38. The van der Waals surface area contributed by atoms with Crippen molar-refractivity contribution in [3.05, 3.63) is 29.8 Å². The van der Waals surface area contributed by atoms with Crippen LogP contribution in [0.4, 0.5) is 0 Å². The van der Waals surface area contributed by atoms with Crippen LogP contribution in [0.3, 0.4) is 0 Å². The second kappa shape index (κ2) is 4.08. The molecule has 0 spiro atoms. The molecule has 13 heavy (non-hydrogen) atoms. The quantitative estimate of drug-likeness (QED) is 0.770. The highest BCUT2D eigenvalue weighted by Gasteiger charge is 2.07. The summed E-state index contributed by atoms with van der Waals surface area (Å²) in [7, 11) is 0. The molecular weight excluding hydrogens is 164 g/mol. The molecule has 70 valence electrons. The van der Waals surface area contributed by atoms with Crippen LogP contribution in [-0.2, 0) is 11.2 Å². The smallest absolute Gasteiger partial charge is 0.132 e. The lowest BCUT2D eigenvalue weighted by atomic mass is 9.98. The number of Topliss-reactive ketones (excluding diaryl/α,β-unsaturated/α-hetero) is 1. The fourth-order valence-corrected chi connectivity index (χ4v) is 1.13. The lowest BCUT2D eigenvalue weighted by molar-refractivity contribution is -0.120. The number of ketones is 1. The summed E-state index contributed by atoms with van der Waals surface area (Å²) in [5, 5.41) is 9.03. The first-order valence-corrected chi connectivity index (χ1v) is 4.38. The highest BCUT2D eigenvalue weighted by Crippen LogP contribution is 2.13. The standard InChI is InChI=1S/C11H14O2/c1-8(9(2)12)7-10-3-5-11(13)6-4-10/h3-6,8,13H,7H2,1-2H3. The van der Waals surface area contributed by atoms with Crippen molar-refractivity contribution in [3.8, 4) is 5.75 Å². The molecule has 2 nitrogen and oxygen atoms in total. The first kappa shape index (κ1) is 9.78. The van der Waals surface area contributed by atoms with Crippen molar-refractivity contribution in [1.29, 1.82) is 0 Å². The third-order valence-corrected chi connectivity index (χ3v) is 2.17. The van der Waals surface area contributed by atoms with E-state index < -0.39 is 0 Å². The summed E-state index contributed by atoms with van der Waals surface area (Å²) >= 11 is 0. The summed E-state index contributed by atoms with van der Waals surface area (Å²) in [4.78, 5) is 11.0. The molecular formula is C11H14O2. The Bertz CT molecular complexity index is 287. The molecule has 0 radical (unpaired) electrons. The molecule has 2 heteroatoms. The van der Waals surface area contributed by atoms with Crippen LogP contribution >= 0.6 is 0 Å². The fraction of sp³-hybridized carbons (Fsp3) is 0.364. The number of rotatable bonds is 3. The zero-order valence-corrected chi connectivity index (χ0v) is 7.95. The zero-order valence-electron chi connectivity index (χ0n) is 7.95. The van der Waals surface area contributed by atoms with E-state index in [1.807, 2.05) is 19.1 Å². The second-order valence-corrected chi connectivity index (χ2v) is 3.38. The minimum absolute atomic E-state index is 0.0598. The Labute approximate surface area is 78.2 Å². The first-order chi connectivity index (χ1) is 6.09. The monoisotopic (exact) mass is 178 g/mol. The van der Waals surface area contributed by atoms with Gasteiger partial charge in [-0.25, -0.2) is 0 Å². The number of carbonyl (C=O) groups is 1. The number of benzene rings is 1. The Morgan fingerprint density at radius 2 is 1.92 bits per heavy atom. The normalized spacial score (nSPS) is 12.5. The number of hydrogen-bond donors (Lipinski definition) is 1. The van der Waals surface area contributed by atoms with Crippen molar-refractivity contribution >= 4 is 5.78 Å². The average Bonchev–Trinajstić information content (AvgIpc) is 2.08. The average molecular weight is 178 g/mol. The van der Waals surface area contributed by atoms with Gasteiger partial charge >= 0.3 is 0 Å². The Balaban J connectivity index is 2.64. The van der Waals surface area contributed by atoms with E-state index in [9.17, 15) is 4.79 Å². The third-order valence-electron chi connectivity index (χ3n) is 2.17. The maximum atomic E-state index is 11.0. The van der Waals surface area contributed by atoms with E-state index in [4.69, 9.17) is 5.11 Å². The van der Waals surface area contributed by atoms with E-state index >= 15 is 0 Å². The zero-order chi connectivity index (χ0) is 9.84. The molecule has 1 unspecified atom stereocenters. The van der Waals surface area contributed by atoms with Gasteiger partial charge < -0.3 is 5.11 Å². The largest absolute Gasteiger partial charge is 0.508 e. The van der Waals surface area contributed by atoms with E-state index in [0.29, 0.717) is 0 Å². The Hall–Kier alpha value is -1.31. The number of phenols is 1. The van der Waals surface area contributed by atoms with Gasteiger partial charge in [0.25, 0.3) is 0 Å². The van der Waals surface area contributed by atoms with Crippen molar-refractivity contribution < 1.29 is 9.90 Å². The van der Waals surface area contributed by atoms with E-state index in [0.717, 1.165) is 12.0 Å². The van der Waals surface area contributed by atoms with Crippen LogP contribution in [0.25, 0.3) is 0 Å². The van der Waals surface area contributed by atoms with Crippen molar-refractivity contribution in [2.24, 2.45) is 5.92 Å². The molecule has 1 rings (SSSR count). The van der Waals surface area contributed by atoms with Gasteiger partial charge in [0, 0.05) is 5.92 Å². The molecule has 0 amide bonds. The molecule has 0 aliphatic rings. The van der Waals surface area contributed by atoms with Crippen molar-refractivity contribution in [2.75, 3.05) is 0 Å². The molecule has 0 aliphatic heterocycles. The van der Waals surface area contributed by atoms with Gasteiger partial charge in [0.05, 0.1) is 0 Å². The van der Waals surface area contributed by atoms with Crippen LogP contribution in [0.5, 0.6) is 5.75 Å². The molecule has 0 aliphatic carbocycles. The lowest BCUT2D eigenvalue weighted by Gasteiger charge is -2.06. The molecule has 1 aromatic carbocycles. The van der Waals surface area contributed by atoms with Crippen LogP contribution in [0.2, 0.25) is 0 Å². The lowest BCUT2D eigenvalue weighted by Crippen LogP contribution is -2.09. The van der Waals surface area contributed by atoms with Crippen LogP contribution in [0, 0.1) is 5.92 Å². The maximum absolute atomic E-state index is 11.0. The minimum Gasteiger partial charge on any atom is -0.508 e. The highest BCUT2D eigenvalue weighted by atomic mass is 16.3. The van der Waals surface area contributed by atoms with E-state index in [1.54, 1.807) is 19.1 Å². The maximum Gasteiger partial charge on any atom is 0.132 e. The number of phenolic OH excluding ortho intramolecular Hbond substituents is 1. The van der Waals surface area contributed by atoms with Crippen LogP contribution < -0.4 is 0 Å². The minimum atomic E-state index is 0.0598. The molecule has 1 aromatic rings. The van der Waals surface area contributed by atoms with Crippen LogP contribution in [-0.4, -0.2) is 10.9 Å². The van der Waals surface area contributed by atoms with Gasteiger partial charge in [0.15, 0.2) is 0 Å². The molecule has 0 aromatic heterocycles. The predicted molar refractivity (Wildman–Crippen MR) is 51.7 cm³/mol. The van der Waals surface area contributed by atoms with Gasteiger partial charge in [-0.1, -0.05) is 19.1 Å². The van der Waals surface area contributed by atoms with E-state index in [-0.39, 0.29) is 17.5 Å². The first-order valence-electron chi connectivity index (χ1n) is 4.38. The van der Waals surface area contributed by atoms with Gasteiger partial charge in [-0.15, -0.1) is 0 Å². The van der Waals surface area contributed by atoms with Crippen molar-refractivity contribution in [1.82, 2.24) is 0 Å². The van der Waals surface area contributed by atoms with E-state index in [2.05, 4.69) is 0 Å². The summed E-state index contributed by atoms with van der Waals surface area (Å²) in [5.41, 5.74) is 1.08. The van der Waals surface area contributed by atoms with Gasteiger partial charge in [0.2, 0.25) is 0 Å². The molecule has 1 N–H and O–H groups in total. The summed E-state index contributed by atoms with van der Waals surface area (Å²) in [6.45, 7) is 3.51. The third kappa shape index (κ3) is 2.90. The highest BCUT2D eigenvalue weighted by molar-refractivity contribution is 5.78. The fourth-order valence-electron chi connectivity index (χ4n) is 1.13. The molecule has 0 saturated heterocycles. The number of aromatic hydroxyl groups is 1. The Morgan fingerprint density at radius 1 is 1.38 bits per heavy atom. The molecule has 1 atom stereocenters. The molecule has 0 bridgehead atoms. The Kier molecular flexibility index (Phi) is 3.07. The Morgan fingerprint density at radius 3 is 2.38 bits per heavy atom. The van der Waals surface area contributed by atoms with Crippen molar-refractivity contribution in [2.45, 2.75) is 20.3 Å². The summed E-state index contributed by atoms with van der Waals surface area (Å²) in [6.07, 6.45) is 0.746. The number of carbonyl (C=O) groups excluding carboxylic acids is 1. The molecule has 0 heterocycles. The SMILES string of the molecule is CC(=O)C(C)Cc1ccc(O)cc1. The predicted octanol–water partition coefficient (Wildman–Crippen LogP) is 2.16. The molecule has 0 fully saturated rings. The topological polar surface area (TPSA) is 37.3 Å². The number of hydrogen-bond acceptors (Lipinski definition) is 2. The summed E-state index contributed by atoms with van der Waals surface area (Å²) in [5.74, 6) is 0.525. The van der Waals surface area contributed by atoms with E-state index in [1.165, 1.54) is 0 Å². The molecule has 0 saturated carbocycles. The summed E-state index contributed by atoms with van der Waals surface area (Å²) in [6, 6.07) is 6.97. The van der Waals surface area contributed by atoms with Gasteiger partial charge in [0.1, 0.15) is 11.5 Å². The van der Waals surface area contributed by atoms with Gasteiger partial charge in [-0.3, -0.25) is 4.79 Å². The van der Waals surface area contributed by atoms with Crippen LogP contribution in [0.1, 0.15) is 19.4 Å². The van der Waals surface area contributed by atoms with Crippen molar-refractivity contribution in [3.63, 3.8) is 0 Å². The summed E-state index contributed by atoms with van der Waals surface area (Å²) < 4.78 is 0. The van der Waals surface area contributed by atoms with Crippen LogP contribution in [0.15, 0.2) is 24.3 Å². The van der Waals surface area contributed by atoms with Gasteiger partial charge in [-0.05, 0) is 31.0 Å². The van der Waals surface area contributed by atoms with Gasteiger partial charge in [-0.2, -0.15) is 0 Å².